The lowest BCUT2D eigenvalue weighted by atomic mass is 10.2. The summed E-state index contributed by atoms with van der Waals surface area (Å²) in [6.07, 6.45) is 0.971. The highest BCUT2D eigenvalue weighted by molar-refractivity contribution is 5.99. The van der Waals surface area contributed by atoms with E-state index in [1.807, 2.05) is 60.0 Å². The first-order valence-corrected chi connectivity index (χ1v) is 10.5. The van der Waals surface area contributed by atoms with Crippen molar-refractivity contribution in [1.29, 1.82) is 0 Å². The van der Waals surface area contributed by atoms with Gasteiger partial charge < -0.3 is 18.9 Å². The van der Waals surface area contributed by atoms with Crippen molar-refractivity contribution in [1.82, 2.24) is 9.55 Å². The van der Waals surface area contributed by atoms with E-state index < -0.39 is 0 Å². The molecule has 8 heteroatoms. The molecule has 0 spiro atoms. The number of amides is 2. The van der Waals surface area contributed by atoms with Gasteiger partial charge in [0.05, 0.1) is 16.7 Å². The van der Waals surface area contributed by atoms with Gasteiger partial charge >= 0.3 is 0 Å². The van der Waals surface area contributed by atoms with Gasteiger partial charge in [0.15, 0.2) is 6.61 Å². The highest BCUT2D eigenvalue weighted by Gasteiger charge is 2.25. The number of rotatable bonds is 9. The van der Waals surface area contributed by atoms with Crippen LogP contribution >= 0.6 is 0 Å². The number of carbonyl (C=O) groups is 2. The molecule has 1 aliphatic rings. The molecular formula is C23H26N4O4. The van der Waals surface area contributed by atoms with Crippen LogP contribution in [0.2, 0.25) is 0 Å². The summed E-state index contributed by atoms with van der Waals surface area (Å²) in [5.74, 6) is 0.808. The maximum atomic E-state index is 12.7. The average Bonchev–Trinajstić information content (AvgIpc) is 3.13. The van der Waals surface area contributed by atoms with Crippen molar-refractivity contribution in [2.24, 2.45) is 0 Å². The summed E-state index contributed by atoms with van der Waals surface area (Å²) in [5.41, 5.74) is 2.48. The Morgan fingerprint density at radius 2 is 1.97 bits per heavy atom. The van der Waals surface area contributed by atoms with Crippen molar-refractivity contribution < 1.29 is 19.1 Å². The molecule has 4 rings (SSSR count). The van der Waals surface area contributed by atoms with E-state index in [9.17, 15) is 9.59 Å². The van der Waals surface area contributed by atoms with Gasteiger partial charge in [-0.3, -0.25) is 14.9 Å². The fraction of sp³-hybridized carbons (Fsp3) is 0.348. The van der Waals surface area contributed by atoms with Crippen LogP contribution in [-0.2, 0) is 20.9 Å². The molecule has 0 fully saturated rings. The first-order valence-electron chi connectivity index (χ1n) is 10.5. The van der Waals surface area contributed by atoms with E-state index in [1.165, 1.54) is 0 Å². The molecular weight excluding hydrogens is 396 g/mol. The fourth-order valence-electron chi connectivity index (χ4n) is 3.67. The summed E-state index contributed by atoms with van der Waals surface area (Å²) in [4.78, 5) is 31.2. The molecule has 2 heterocycles. The number of aromatic nitrogens is 2. The van der Waals surface area contributed by atoms with Crippen molar-refractivity contribution in [3.63, 3.8) is 0 Å². The van der Waals surface area contributed by atoms with E-state index in [0.29, 0.717) is 37.1 Å². The van der Waals surface area contributed by atoms with Crippen LogP contribution in [0.4, 0.5) is 11.6 Å². The second-order valence-electron chi connectivity index (χ2n) is 7.23. The van der Waals surface area contributed by atoms with Crippen LogP contribution in [0.5, 0.6) is 5.75 Å². The van der Waals surface area contributed by atoms with Crippen molar-refractivity contribution >= 4 is 34.5 Å². The van der Waals surface area contributed by atoms with Crippen LogP contribution in [0, 0.1) is 0 Å². The second kappa shape index (κ2) is 9.61. The summed E-state index contributed by atoms with van der Waals surface area (Å²) in [6.45, 7) is 4.23. The summed E-state index contributed by atoms with van der Waals surface area (Å²) >= 11 is 0. The summed E-state index contributed by atoms with van der Waals surface area (Å²) < 4.78 is 12.9. The van der Waals surface area contributed by atoms with E-state index in [-0.39, 0.29) is 31.4 Å². The summed E-state index contributed by atoms with van der Waals surface area (Å²) in [5, 5.41) is 2.92. The van der Waals surface area contributed by atoms with E-state index in [1.54, 1.807) is 4.90 Å². The third kappa shape index (κ3) is 4.69. The molecule has 2 aromatic carbocycles. The Hall–Kier alpha value is -3.39. The number of hydrogen-bond acceptors (Lipinski definition) is 5. The van der Waals surface area contributed by atoms with Crippen LogP contribution < -0.4 is 15.0 Å². The molecule has 3 aromatic rings. The Balaban J connectivity index is 1.44. The van der Waals surface area contributed by atoms with E-state index in [4.69, 9.17) is 9.47 Å². The number of carbonyl (C=O) groups excluding carboxylic acids is 2. The topological polar surface area (TPSA) is 85.7 Å². The zero-order valence-corrected chi connectivity index (χ0v) is 17.5. The molecule has 2 amide bonds. The molecule has 0 unspecified atom stereocenters. The van der Waals surface area contributed by atoms with Gasteiger partial charge in [-0.15, -0.1) is 0 Å². The van der Waals surface area contributed by atoms with Crippen molar-refractivity contribution in [2.45, 2.75) is 26.3 Å². The van der Waals surface area contributed by atoms with Gasteiger partial charge in [-0.25, -0.2) is 4.98 Å². The largest absolute Gasteiger partial charge is 0.482 e. The number of para-hydroxylation sites is 4. The minimum absolute atomic E-state index is 0.0196. The highest BCUT2D eigenvalue weighted by Crippen LogP contribution is 2.31. The Morgan fingerprint density at radius 1 is 1.16 bits per heavy atom. The van der Waals surface area contributed by atoms with E-state index in [2.05, 4.69) is 10.3 Å². The minimum Gasteiger partial charge on any atom is -0.482 e. The normalized spacial score (nSPS) is 13.2. The smallest absolute Gasteiger partial charge is 0.265 e. The Bertz CT molecular complexity index is 1080. The quantitative estimate of drug-likeness (QED) is 0.535. The highest BCUT2D eigenvalue weighted by atomic mass is 16.5. The zero-order chi connectivity index (χ0) is 21.6. The lowest BCUT2D eigenvalue weighted by molar-refractivity contribution is -0.121. The van der Waals surface area contributed by atoms with Crippen molar-refractivity contribution in [3.8, 4) is 5.75 Å². The molecule has 31 heavy (non-hydrogen) atoms. The molecule has 162 valence electrons. The third-order valence-electron chi connectivity index (χ3n) is 5.15. The Morgan fingerprint density at radius 3 is 2.84 bits per heavy atom. The van der Waals surface area contributed by atoms with Crippen LogP contribution in [-0.4, -0.2) is 47.7 Å². The van der Waals surface area contributed by atoms with Crippen molar-refractivity contribution in [3.05, 3.63) is 48.5 Å². The molecule has 0 aliphatic carbocycles. The van der Waals surface area contributed by atoms with Crippen LogP contribution in [0.25, 0.3) is 11.0 Å². The second-order valence-corrected chi connectivity index (χ2v) is 7.23. The molecule has 1 aromatic heterocycles. The zero-order valence-electron chi connectivity index (χ0n) is 17.5. The van der Waals surface area contributed by atoms with E-state index >= 15 is 0 Å². The lowest BCUT2D eigenvalue weighted by Gasteiger charge is -2.29. The van der Waals surface area contributed by atoms with Gasteiger partial charge in [0.1, 0.15) is 5.75 Å². The number of anilines is 2. The van der Waals surface area contributed by atoms with Gasteiger partial charge in [-0.2, -0.15) is 0 Å². The molecule has 8 nitrogen and oxygen atoms in total. The predicted molar refractivity (Wildman–Crippen MR) is 118 cm³/mol. The molecule has 0 atom stereocenters. The van der Waals surface area contributed by atoms with Gasteiger partial charge in [0, 0.05) is 32.7 Å². The number of nitrogens with zero attached hydrogens (tertiary/aromatic N) is 3. The molecule has 1 N–H and O–H groups in total. The van der Waals surface area contributed by atoms with Gasteiger partial charge in [0.2, 0.25) is 11.9 Å². The fourth-order valence-corrected chi connectivity index (χ4v) is 3.67. The number of imidazole rings is 1. The predicted octanol–water partition coefficient (Wildman–Crippen LogP) is 3.22. The standard InChI is InChI=1S/C23H26N4O4/c1-2-30-15-7-13-27-18-9-4-3-8-17(18)24-23(27)25-21(28)12-14-26-19-10-5-6-11-20(19)31-16-22(26)29/h3-6,8-11H,2,7,12-16H2,1H3,(H,24,25,28). The number of fused-ring (bicyclic) bond motifs is 2. The number of ether oxygens (including phenoxy) is 2. The number of aryl methyl sites for hydroxylation is 1. The minimum atomic E-state index is -0.196. The first-order chi connectivity index (χ1) is 15.2. The van der Waals surface area contributed by atoms with Crippen molar-refractivity contribution in [2.75, 3.05) is 36.6 Å². The SMILES string of the molecule is CCOCCCn1c(NC(=O)CCN2C(=O)COc3ccccc32)nc2ccccc21. The van der Waals surface area contributed by atoms with Crippen LogP contribution in [0.15, 0.2) is 48.5 Å². The molecule has 0 saturated heterocycles. The maximum absolute atomic E-state index is 12.7. The molecule has 1 aliphatic heterocycles. The number of nitrogens with one attached hydrogen (secondary N) is 1. The Labute approximate surface area is 180 Å². The summed E-state index contributed by atoms with van der Waals surface area (Å²) in [7, 11) is 0. The number of benzene rings is 2. The summed E-state index contributed by atoms with van der Waals surface area (Å²) in [6, 6.07) is 15.1. The molecule has 0 bridgehead atoms. The average molecular weight is 422 g/mol. The van der Waals surface area contributed by atoms with Gasteiger partial charge in [0.25, 0.3) is 5.91 Å². The number of hydrogen-bond donors (Lipinski definition) is 1. The lowest BCUT2D eigenvalue weighted by Crippen LogP contribution is -2.40. The monoisotopic (exact) mass is 422 g/mol. The van der Waals surface area contributed by atoms with Gasteiger partial charge in [-0.05, 0) is 37.6 Å². The first kappa shape index (κ1) is 20.9. The Kier molecular flexibility index (Phi) is 6.47. The van der Waals surface area contributed by atoms with Crippen LogP contribution in [0.3, 0.4) is 0 Å². The third-order valence-corrected chi connectivity index (χ3v) is 5.15. The maximum Gasteiger partial charge on any atom is 0.265 e. The van der Waals surface area contributed by atoms with E-state index in [0.717, 1.165) is 17.5 Å². The van der Waals surface area contributed by atoms with Gasteiger partial charge in [-0.1, -0.05) is 24.3 Å². The molecule has 0 saturated carbocycles. The van der Waals surface area contributed by atoms with Crippen LogP contribution in [0.1, 0.15) is 19.8 Å². The molecule has 0 radical (unpaired) electrons.